The van der Waals surface area contributed by atoms with Crippen molar-refractivity contribution < 1.29 is 4.79 Å². The maximum Gasteiger partial charge on any atom is 0.215 e. The Hall–Kier alpha value is -3.25. The molecule has 3 heterocycles. The van der Waals surface area contributed by atoms with Crippen LogP contribution in [0.15, 0.2) is 66.9 Å². The van der Waals surface area contributed by atoms with Crippen LogP contribution >= 0.6 is 0 Å². The summed E-state index contributed by atoms with van der Waals surface area (Å²) in [5.41, 5.74) is 14.1. The molecular formula is C22H23N5O. The third-order valence-electron chi connectivity index (χ3n) is 5.38. The van der Waals surface area contributed by atoms with E-state index in [2.05, 4.69) is 27.0 Å². The molecule has 0 radical (unpaired) electrons. The molecule has 1 aromatic carbocycles. The highest BCUT2D eigenvalue weighted by Gasteiger charge is 2.32. The van der Waals surface area contributed by atoms with Gasteiger partial charge in [0.25, 0.3) is 0 Å². The van der Waals surface area contributed by atoms with Crippen LogP contribution in [0.1, 0.15) is 34.5 Å². The summed E-state index contributed by atoms with van der Waals surface area (Å²) in [4.78, 5) is 23.5. The molecule has 0 unspecified atom stereocenters. The average molecular weight is 373 g/mol. The Kier molecular flexibility index (Phi) is 4.79. The van der Waals surface area contributed by atoms with Crippen LogP contribution in [0.5, 0.6) is 0 Å². The van der Waals surface area contributed by atoms with E-state index >= 15 is 0 Å². The number of ketones is 1. The minimum atomic E-state index is -0.324. The molecule has 3 aromatic rings. The van der Waals surface area contributed by atoms with E-state index in [1.807, 2.05) is 30.3 Å². The Morgan fingerprint density at radius 1 is 0.964 bits per heavy atom. The van der Waals surface area contributed by atoms with E-state index in [4.69, 9.17) is 11.5 Å². The monoisotopic (exact) mass is 373 g/mol. The number of carbonyl (C=O) groups excluding carboxylic acids is 1. The fourth-order valence-corrected chi connectivity index (χ4v) is 3.67. The van der Waals surface area contributed by atoms with Crippen LogP contribution in [0.25, 0.3) is 0 Å². The third-order valence-corrected chi connectivity index (χ3v) is 5.38. The van der Waals surface area contributed by atoms with Gasteiger partial charge >= 0.3 is 0 Å². The summed E-state index contributed by atoms with van der Waals surface area (Å²) in [6.45, 7) is 1.57. The summed E-state index contributed by atoms with van der Waals surface area (Å²) in [5, 5.41) is 0. The zero-order chi connectivity index (χ0) is 19.6. The zero-order valence-corrected chi connectivity index (χ0v) is 15.6. The van der Waals surface area contributed by atoms with Crippen LogP contribution in [-0.4, -0.2) is 28.8 Å². The van der Waals surface area contributed by atoms with Crippen LogP contribution in [0, 0.1) is 0 Å². The van der Waals surface area contributed by atoms with E-state index in [0.717, 1.165) is 31.7 Å². The van der Waals surface area contributed by atoms with Gasteiger partial charge in [0.1, 0.15) is 17.3 Å². The van der Waals surface area contributed by atoms with Crippen LogP contribution in [-0.2, 0) is 5.54 Å². The highest BCUT2D eigenvalue weighted by molar-refractivity contribution is 6.10. The lowest BCUT2D eigenvalue weighted by Gasteiger charge is -2.40. The number of hydrogen-bond donors (Lipinski definition) is 2. The van der Waals surface area contributed by atoms with E-state index in [1.165, 1.54) is 5.56 Å². The second kappa shape index (κ2) is 7.40. The number of rotatable bonds is 4. The van der Waals surface area contributed by atoms with E-state index in [0.29, 0.717) is 11.3 Å². The van der Waals surface area contributed by atoms with Crippen molar-refractivity contribution >= 4 is 17.4 Å². The number of hydrogen-bond acceptors (Lipinski definition) is 6. The summed E-state index contributed by atoms with van der Waals surface area (Å²) in [6, 6.07) is 19.1. The van der Waals surface area contributed by atoms with Gasteiger partial charge in [0.15, 0.2) is 0 Å². The minimum Gasteiger partial charge on any atom is -0.383 e. The molecule has 1 aliphatic heterocycles. The first-order valence-electron chi connectivity index (χ1n) is 9.38. The number of piperidine rings is 1. The molecule has 4 rings (SSSR count). The summed E-state index contributed by atoms with van der Waals surface area (Å²) in [6.07, 6.45) is 3.22. The van der Waals surface area contributed by atoms with Crippen molar-refractivity contribution in [3.8, 4) is 0 Å². The third kappa shape index (κ3) is 3.46. The normalized spacial score (nSPS) is 16.0. The number of carbonyl (C=O) groups is 1. The van der Waals surface area contributed by atoms with Gasteiger partial charge in [-0.1, -0.05) is 36.4 Å². The van der Waals surface area contributed by atoms with Crippen LogP contribution in [0.2, 0.25) is 0 Å². The quantitative estimate of drug-likeness (QED) is 0.683. The van der Waals surface area contributed by atoms with Gasteiger partial charge in [0.05, 0.1) is 5.56 Å². The lowest BCUT2D eigenvalue weighted by Crippen LogP contribution is -2.48. The Bertz CT molecular complexity index is 981. The van der Waals surface area contributed by atoms with Gasteiger partial charge < -0.3 is 16.4 Å². The number of aromatic nitrogens is 2. The first kappa shape index (κ1) is 18.1. The topological polar surface area (TPSA) is 98.1 Å². The van der Waals surface area contributed by atoms with Crippen molar-refractivity contribution in [3.63, 3.8) is 0 Å². The molecule has 1 fully saturated rings. The Balaban J connectivity index is 1.52. The second-order valence-corrected chi connectivity index (χ2v) is 7.16. The van der Waals surface area contributed by atoms with Crippen molar-refractivity contribution in [3.05, 3.63) is 83.7 Å². The summed E-state index contributed by atoms with van der Waals surface area (Å²) >= 11 is 0. The molecule has 28 heavy (non-hydrogen) atoms. The number of pyridine rings is 2. The van der Waals surface area contributed by atoms with Crippen LogP contribution in [0.3, 0.4) is 0 Å². The highest BCUT2D eigenvalue weighted by Crippen LogP contribution is 2.32. The number of nitrogens with zero attached hydrogens (tertiary/aromatic N) is 3. The molecule has 0 spiro atoms. The molecule has 0 bridgehead atoms. The molecule has 4 N–H and O–H groups in total. The Morgan fingerprint density at radius 2 is 1.71 bits per heavy atom. The van der Waals surface area contributed by atoms with Gasteiger partial charge in [0, 0.05) is 24.8 Å². The molecule has 0 atom stereocenters. The van der Waals surface area contributed by atoms with E-state index < -0.39 is 0 Å². The first-order chi connectivity index (χ1) is 13.6. The lowest BCUT2D eigenvalue weighted by atomic mass is 9.82. The summed E-state index contributed by atoms with van der Waals surface area (Å²) < 4.78 is 0. The number of anilines is 2. The smallest absolute Gasteiger partial charge is 0.215 e. The first-order valence-corrected chi connectivity index (χ1v) is 9.38. The molecule has 2 aromatic heterocycles. The van der Waals surface area contributed by atoms with E-state index in [1.54, 1.807) is 24.4 Å². The molecule has 1 aliphatic rings. The van der Waals surface area contributed by atoms with Gasteiger partial charge in [-0.2, -0.15) is 0 Å². The average Bonchev–Trinajstić information content (AvgIpc) is 2.75. The zero-order valence-electron chi connectivity index (χ0n) is 15.6. The van der Waals surface area contributed by atoms with Crippen molar-refractivity contribution in [2.24, 2.45) is 5.73 Å². The van der Waals surface area contributed by atoms with Gasteiger partial charge in [-0.25, -0.2) is 9.97 Å². The largest absolute Gasteiger partial charge is 0.383 e. The van der Waals surface area contributed by atoms with Crippen molar-refractivity contribution in [2.75, 3.05) is 23.7 Å². The predicted octanol–water partition coefficient (Wildman–Crippen LogP) is 2.74. The fraction of sp³-hybridized carbons (Fsp3) is 0.227. The second-order valence-electron chi connectivity index (χ2n) is 7.16. The van der Waals surface area contributed by atoms with E-state index in [9.17, 15) is 4.79 Å². The molecule has 0 saturated carbocycles. The SMILES string of the molecule is Nc1ncccc1C(=O)c1cccc(N2CCC(N)(c3ccccc3)CC2)n1. The fourth-order valence-electron chi connectivity index (χ4n) is 3.67. The van der Waals surface area contributed by atoms with Gasteiger partial charge in [0.2, 0.25) is 5.78 Å². The predicted molar refractivity (Wildman–Crippen MR) is 110 cm³/mol. The van der Waals surface area contributed by atoms with Gasteiger partial charge in [-0.15, -0.1) is 0 Å². The van der Waals surface area contributed by atoms with E-state index in [-0.39, 0.29) is 17.1 Å². The van der Waals surface area contributed by atoms with Crippen molar-refractivity contribution in [1.29, 1.82) is 0 Å². The lowest BCUT2D eigenvalue weighted by molar-refractivity contribution is 0.103. The van der Waals surface area contributed by atoms with Gasteiger partial charge in [-0.05, 0) is 42.7 Å². The number of nitrogens with two attached hydrogens (primary N) is 2. The molecule has 6 heteroatoms. The maximum absolute atomic E-state index is 12.8. The van der Waals surface area contributed by atoms with Crippen molar-refractivity contribution in [2.45, 2.75) is 18.4 Å². The number of nitrogen functional groups attached to an aromatic ring is 1. The highest BCUT2D eigenvalue weighted by atomic mass is 16.1. The van der Waals surface area contributed by atoms with Crippen molar-refractivity contribution in [1.82, 2.24) is 9.97 Å². The molecule has 142 valence electrons. The standard InChI is InChI=1S/C22H23N5O/c23-21-17(8-5-13-25-21)20(28)18-9-4-10-19(26-18)27-14-11-22(24,12-15-27)16-6-2-1-3-7-16/h1-10,13H,11-12,14-15,24H2,(H2,23,25). The number of benzene rings is 1. The Labute approximate surface area is 164 Å². The minimum absolute atomic E-state index is 0.216. The molecule has 1 saturated heterocycles. The molecule has 6 nitrogen and oxygen atoms in total. The molecule has 0 amide bonds. The summed E-state index contributed by atoms with van der Waals surface area (Å²) in [7, 11) is 0. The van der Waals surface area contributed by atoms with Gasteiger partial charge in [-0.3, -0.25) is 4.79 Å². The molecular weight excluding hydrogens is 350 g/mol. The summed E-state index contributed by atoms with van der Waals surface area (Å²) in [5.74, 6) is 0.777. The van der Waals surface area contributed by atoms with Crippen LogP contribution < -0.4 is 16.4 Å². The Morgan fingerprint density at radius 3 is 2.43 bits per heavy atom. The maximum atomic E-state index is 12.8. The van der Waals surface area contributed by atoms with Crippen LogP contribution in [0.4, 0.5) is 11.6 Å². The molecule has 0 aliphatic carbocycles.